The Labute approximate surface area is 97.4 Å². The summed E-state index contributed by atoms with van der Waals surface area (Å²) < 4.78 is 0. The zero-order valence-electron chi connectivity index (χ0n) is 10.2. The fourth-order valence-electron chi connectivity index (χ4n) is 1.52. The van der Waals surface area contributed by atoms with Crippen LogP contribution < -0.4 is 5.32 Å². The fraction of sp³-hybridized carbons (Fsp3) is 0.357. The second-order valence-corrected chi connectivity index (χ2v) is 3.94. The number of aldehydes is 1. The average molecular weight is 217 g/mol. The SMILES string of the molecule is CC1=C(C)Nc2ccccc2C1.CCC=O. The Kier molecular flexibility index (Phi) is 4.77. The van der Waals surface area contributed by atoms with Gasteiger partial charge in [-0.15, -0.1) is 0 Å². The number of fused-ring (bicyclic) bond motifs is 1. The molecule has 1 aliphatic heterocycles. The Morgan fingerprint density at radius 2 is 1.94 bits per heavy atom. The molecule has 0 aliphatic carbocycles. The third kappa shape index (κ3) is 3.23. The molecule has 0 saturated carbocycles. The van der Waals surface area contributed by atoms with Crippen molar-refractivity contribution in [1.29, 1.82) is 0 Å². The van der Waals surface area contributed by atoms with Gasteiger partial charge < -0.3 is 10.1 Å². The first-order chi connectivity index (χ1) is 7.69. The highest BCUT2D eigenvalue weighted by atomic mass is 16.1. The van der Waals surface area contributed by atoms with Crippen molar-refractivity contribution in [3.63, 3.8) is 0 Å². The average Bonchev–Trinajstić information content (AvgIpc) is 2.31. The van der Waals surface area contributed by atoms with Gasteiger partial charge in [-0.3, -0.25) is 0 Å². The van der Waals surface area contributed by atoms with Crippen molar-refractivity contribution >= 4 is 12.0 Å². The summed E-state index contributed by atoms with van der Waals surface area (Å²) in [4.78, 5) is 9.17. The van der Waals surface area contributed by atoms with Gasteiger partial charge in [0, 0.05) is 17.8 Å². The Morgan fingerprint density at radius 3 is 2.56 bits per heavy atom. The van der Waals surface area contributed by atoms with Gasteiger partial charge in [-0.05, 0) is 37.5 Å². The van der Waals surface area contributed by atoms with E-state index in [0.717, 1.165) is 12.7 Å². The predicted octanol–water partition coefficient (Wildman–Crippen LogP) is 3.54. The smallest absolute Gasteiger partial charge is 0.119 e. The zero-order chi connectivity index (χ0) is 12.0. The first-order valence-corrected chi connectivity index (χ1v) is 5.64. The Balaban J connectivity index is 0.000000280. The molecule has 2 heteroatoms. The molecule has 0 atom stereocenters. The van der Waals surface area contributed by atoms with Crippen LogP contribution in [0.1, 0.15) is 32.8 Å². The van der Waals surface area contributed by atoms with E-state index in [1.165, 1.54) is 22.5 Å². The van der Waals surface area contributed by atoms with Crippen LogP contribution in [0.5, 0.6) is 0 Å². The van der Waals surface area contributed by atoms with Gasteiger partial charge in [0.25, 0.3) is 0 Å². The Morgan fingerprint density at radius 1 is 1.31 bits per heavy atom. The topological polar surface area (TPSA) is 29.1 Å². The van der Waals surface area contributed by atoms with Gasteiger partial charge in [0.2, 0.25) is 0 Å². The number of para-hydroxylation sites is 1. The molecule has 1 heterocycles. The van der Waals surface area contributed by atoms with Crippen LogP contribution >= 0.6 is 0 Å². The van der Waals surface area contributed by atoms with Crippen molar-refractivity contribution in [2.45, 2.75) is 33.6 Å². The second-order valence-electron chi connectivity index (χ2n) is 3.94. The molecule has 0 unspecified atom stereocenters. The lowest BCUT2D eigenvalue weighted by molar-refractivity contribution is -0.107. The van der Waals surface area contributed by atoms with E-state index >= 15 is 0 Å². The van der Waals surface area contributed by atoms with Crippen molar-refractivity contribution < 1.29 is 4.79 Å². The number of hydrogen-bond acceptors (Lipinski definition) is 2. The minimum Gasteiger partial charge on any atom is -0.359 e. The summed E-state index contributed by atoms with van der Waals surface area (Å²) in [7, 11) is 0. The number of rotatable bonds is 1. The van der Waals surface area contributed by atoms with E-state index in [1.807, 2.05) is 6.92 Å². The molecular formula is C14H19NO. The minimum atomic E-state index is 0.639. The third-order valence-electron chi connectivity index (χ3n) is 2.60. The van der Waals surface area contributed by atoms with E-state index in [1.54, 1.807) is 0 Å². The summed E-state index contributed by atoms with van der Waals surface area (Å²) in [5, 5.41) is 3.39. The zero-order valence-corrected chi connectivity index (χ0v) is 10.2. The fourth-order valence-corrected chi connectivity index (χ4v) is 1.52. The molecular weight excluding hydrogens is 198 g/mol. The molecule has 1 aromatic carbocycles. The van der Waals surface area contributed by atoms with E-state index in [4.69, 9.17) is 0 Å². The molecule has 0 saturated heterocycles. The Bertz CT molecular complexity index is 360. The molecule has 0 radical (unpaired) electrons. The van der Waals surface area contributed by atoms with Gasteiger partial charge in [0.1, 0.15) is 6.29 Å². The highest BCUT2D eigenvalue weighted by molar-refractivity contribution is 5.59. The first kappa shape index (κ1) is 12.5. The lowest BCUT2D eigenvalue weighted by Gasteiger charge is -2.20. The number of anilines is 1. The molecule has 0 spiro atoms. The predicted molar refractivity (Wildman–Crippen MR) is 68.5 cm³/mol. The maximum absolute atomic E-state index is 9.17. The lowest BCUT2D eigenvalue weighted by Crippen LogP contribution is -2.08. The van der Waals surface area contributed by atoms with Crippen LogP contribution in [0.3, 0.4) is 0 Å². The van der Waals surface area contributed by atoms with E-state index in [9.17, 15) is 4.79 Å². The summed E-state index contributed by atoms with van der Waals surface area (Å²) in [5.41, 5.74) is 5.41. The molecule has 1 N–H and O–H groups in total. The summed E-state index contributed by atoms with van der Waals surface area (Å²) >= 11 is 0. The van der Waals surface area contributed by atoms with Crippen LogP contribution in [0.25, 0.3) is 0 Å². The molecule has 86 valence electrons. The van der Waals surface area contributed by atoms with E-state index in [-0.39, 0.29) is 0 Å². The highest BCUT2D eigenvalue weighted by Crippen LogP contribution is 2.26. The third-order valence-corrected chi connectivity index (χ3v) is 2.60. The second kappa shape index (κ2) is 6.11. The van der Waals surface area contributed by atoms with Crippen LogP contribution in [0.15, 0.2) is 35.5 Å². The maximum atomic E-state index is 9.17. The van der Waals surface area contributed by atoms with Crippen molar-refractivity contribution in [1.82, 2.24) is 0 Å². The van der Waals surface area contributed by atoms with Crippen LogP contribution in [0.4, 0.5) is 5.69 Å². The van der Waals surface area contributed by atoms with Crippen molar-refractivity contribution in [2.24, 2.45) is 0 Å². The van der Waals surface area contributed by atoms with E-state index in [2.05, 4.69) is 43.4 Å². The van der Waals surface area contributed by atoms with Crippen LogP contribution in [-0.4, -0.2) is 6.29 Å². The molecule has 16 heavy (non-hydrogen) atoms. The normalized spacial score (nSPS) is 13.2. The molecule has 0 aromatic heterocycles. The van der Waals surface area contributed by atoms with E-state index < -0.39 is 0 Å². The van der Waals surface area contributed by atoms with Gasteiger partial charge in [-0.1, -0.05) is 25.1 Å². The number of allylic oxidation sites excluding steroid dienone is 2. The van der Waals surface area contributed by atoms with Gasteiger partial charge in [0.15, 0.2) is 0 Å². The van der Waals surface area contributed by atoms with Crippen molar-refractivity contribution in [2.75, 3.05) is 5.32 Å². The molecule has 1 aromatic rings. The standard InChI is InChI=1S/C11H13N.C3H6O/c1-8-7-10-5-3-4-6-11(10)12-9(8)2;1-2-3-4/h3-6,12H,7H2,1-2H3;3H,2H2,1H3. The molecule has 0 amide bonds. The summed E-state index contributed by atoms with van der Waals surface area (Å²) in [6.07, 6.45) is 2.61. The number of nitrogens with one attached hydrogen (secondary N) is 1. The highest BCUT2D eigenvalue weighted by Gasteiger charge is 2.09. The van der Waals surface area contributed by atoms with Gasteiger partial charge in [-0.2, -0.15) is 0 Å². The number of carbonyl (C=O) groups is 1. The van der Waals surface area contributed by atoms with Crippen LogP contribution in [0, 0.1) is 0 Å². The van der Waals surface area contributed by atoms with Gasteiger partial charge in [0.05, 0.1) is 0 Å². The van der Waals surface area contributed by atoms with Gasteiger partial charge >= 0.3 is 0 Å². The number of benzene rings is 1. The molecule has 0 fully saturated rings. The minimum absolute atomic E-state index is 0.639. The summed E-state index contributed by atoms with van der Waals surface area (Å²) in [6, 6.07) is 8.47. The monoisotopic (exact) mass is 217 g/mol. The van der Waals surface area contributed by atoms with Crippen molar-refractivity contribution in [3.05, 3.63) is 41.1 Å². The summed E-state index contributed by atoms with van der Waals surface area (Å²) in [5.74, 6) is 0. The first-order valence-electron chi connectivity index (χ1n) is 5.64. The van der Waals surface area contributed by atoms with Gasteiger partial charge in [-0.25, -0.2) is 0 Å². The van der Waals surface area contributed by atoms with Crippen molar-refractivity contribution in [3.8, 4) is 0 Å². The number of hydrogen-bond donors (Lipinski definition) is 1. The molecule has 2 nitrogen and oxygen atoms in total. The lowest BCUT2D eigenvalue weighted by atomic mass is 9.99. The summed E-state index contributed by atoms with van der Waals surface area (Å²) in [6.45, 7) is 6.12. The number of carbonyl (C=O) groups excluding carboxylic acids is 1. The molecule has 2 rings (SSSR count). The largest absolute Gasteiger partial charge is 0.359 e. The molecule has 0 bridgehead atoms. The molecule has 1 aliphatic rings. The quantitative estimate of drug-likeness (QED) is 0.729. The van der Waals surface area contributed by atoms with Crippen LogP contribution in [-0.2, 0) is 11.2 Å². The Hall–Kier alpha value is -1.57. The maximum Gasteiger partial charge on any atom is 0.119 e. The van der Waals surface area contributed by atoms with E-state index in [0.29, 0.717) is 6.42 Å². The van der Waals surface area contributed by atoms with Crippen LogP contribution in [0.2, 0.25) is 0 Å².